The molecule has 1 aromatic heterocycles. The molecule has 1 heterocycles. The summed E-state index contributed by atoms with van der Waals surface area (Å²) in [6, 6.07) is 9.97. The number of hydrogen-bond acceptors (Lipinski definition) is 6. The highest BCUT2D eigenvalue weighted by molar-refractivity contribution is 9.10. The summed E-state index contributed by atoms with van der Waals surface area (Å²) in [6.45, 7) is 1.69. The molecule has 10 nitrogen and oxygen atoms in total. The molecular weight excluding hydrogens is 504 g/mol. The maximum Gasteiger partial charge on any atom is 0.274 e. The minimum Gasteiger partial charge on any atom is -0.355 e. The minimum atomic E-state index is -0.624. The predicted molar refractivity (Wildman–Crippen MR) is 120 cm³/mol. The predicted octanol–water partition coefficient (Wildman–Crippen LogP) is 3.99. The second kappa shape index (κ2) is 9.17. The van der Waals surface area contributed by atoms with E-state index in [0.29, 0.717) is 15.2 Å². The Bertz CT molecular complexity index is 1310. The molecule has 3 rings (SSSR count). The summed E-state index contributed by atoms with van der Waals surface area (Å²) < 4.78 is 1.48. The average Bonchev–Trinajstić information content (AvgIpc) is 3.15. The first-order chi connectivity index (χ1) is 15.2. The number of aryl methyl sites for hydroxylation is 1. The summed E-state index contributed by atoms with van der Waals surface area (Å²) in [6.07, 6.45) is 0. The highest BCUT2D eigenvalue weighted by Crippen LogP contribution is 2.28. The van der Waals surface area contributed by atoms with Crippen LogP contribution in [0.4, 0.5) is 11.4 Å². The van der Waals surface area contributed by atoms with Crippen molar-refractivity contribution in [2.45, 2.75) is 6.92 Å². The number of non-ortho nitro benzene ring substituents is 1. The molecule has 0 saturated heterocycles. The van der Waals surface area contributed by atoms with Crippen molar-refractivity contribution in [2.24, 2.45) is 0 Å². The van der Waals surface area contributed by atoms with Gasteiger partial charge in [-0.25, -0.2) is 4.68 Å². The lowest BCUT2D eigenvalue weighted by atomic mass is 10.1. The van der Waals surface area contributed by atoms with Crippen molar-refractivity contribution < 1.29 is 14.5 Å². The summed E-state index contributed by atoms with van der Waals surface area (Å²) in [4.78, 5) is 35.8. The van der Waals surface area contributed by atoms with Gasteiger partial charge in [-0.05, 0) is 46.6 Å². The number of aromatic nitrogens is 2. The summed E-state index contributed by atoms with van der Waals surface area (Å²) >= 11 is 9.27. The first kappa shape index (κ1) is 22.9. The topological polar surface area (TPSA) is 143 Å². The zero-order valence-electron chi connectivity index (χ0n) is 16.6. The van der Waals surface area contributed by atoms with Crippen molar-refractivity contribution in [3.8, 4) is 11.8 Å². The average molecular weight is 518 g/mol. The number of anilines is 1. The fourth-order valence-corrected chi connectivity index (χ4v) is 3.66. The van der Waals surface area contributed by atoms with Gasteiger partial charge in [-0.15, -0.1) is 0 Å². The van der Waals surface area contributed by atoms with Gasteiger partial charge in [-0.1, -0.05) is 11.6 Å². The zero-order chi connectivity index (χ0) is 23.6. The second-order valence-electron chi connectivity index (χ2n) is 6.51. The van der Waals surface area contributed by atoms with Crippen molar-refractivity contribution in [2.75, 3.05) is 12.4 Å². The Morgan fingerprint density at radius 1 is 1.25 bits per heavy atom. The van der Waals surface area contributed by atoms with E-state index in [2.05, 4.69) is 31.7 Å². The van der Waals surface area contributed by atoms with E-state index in [4.69, 9.17) is 11.6 Å². The molecule has 0 aliphatic rings. The monoisotopic (exact) mass is 516 g/mol. The summed E-state index contributed by atoms with van der Waals surface area (Å²) in [7, 11) is 1.45. The van der Waals surface area contributed by atoms with Crippen LogP contribution in [0.5, 0.6) is 0 Å². The van der Waals surface area contributed by atoms with Crippen LogP contribution in [-0.4, -0.2) is 33.6 Å². The number of halogens is 2. The van der Waals surface area contributed by atoms with Gasteiger partial charge in [0.15, 0.2) is 0 Å². The number of nitrogens with zero attached hydrogens (tertiary/aromatic N) is 4. The first-order valence-electron chi connectivity index (χ1n) is 8.94. The van der Waals surface area contributed by atoms with Gasteiger partial charge in [0, 0.05) is 30.3 Å². The van der Waals surface area contributed by atoms with Gasteiger partial charge < -0.3 is 10.6 Å². The Kier molecular flexibility index (Phi) is 6.57. The van der Waals surface area contributed by atoms with E-state index in [1.54, 1.807) is 13.0 Å². The third-order valence-corrected chi connectivity index (χ3v) is 5.07. The number of carbonyl (C=O) groups is 2. The van der Waals surface area contributed by atoms with E-state index in [0.717, 1.165) is 6.07 Å². The third-order valence-electron chi connectivity index (χ3n) is 4.46. The number of carbonyl (C=O) groups excluding carboxylic acids is 2. The van der Waals surface area contributed by atoms with Gasteiger partial charge in [0.25, 0.3) is 17.5 Å². The summed E-state index contributed by atoms with van der Waals surface area (Å²) in [5.74, 6) is -1.07. The van der Waals surface area contributed by atoms with Gasteiger partial charge in [-0.3, -0.25) is 19.7 Å². The van der Waals surface area contributed by atoms with Crippen LogP contribution in [0.1, 0.15) is 32.0 Å². The number of nitrogens with one attached hydrogen (secondary N) is 2. The highest BCUT2D eigenvalue weighted by Gasteiger charge is 2.22. The maximum atomic E-state index is 13.1. The molecule has 0 saturated carbocycles. The molecule has 0 bridgehead atoms. The quantitative estimate of drug-likeness (QED) is 0.387. The van der Waals surface area contributed by atoms with Gasteiger partial charge >= 0.3 is 0 Å². The lowest BCUT2D eigenvalue weighted by Crippen LogP contribution is -2.23. The Morgan fingerprint density at radius 2 is 1.97 bits per heavy atom. The molecule has 0 atom stereocenters. The van der Waals surface area contributed by atoms with Crippen LogP contribution in [-0.2, 0) is 0 Å². The molecule has 0 aliphatic carbocycles. The third kappa shape index (κ3) is 4.46. The van der Waals surface area contributed by atoms with E-state index in [9.17, 15) is 25.0 Å². The van der Waals surface area contributed by atoms with E-state index in [1.165, 1.54) is 36.0 Å². The Hall–Kier alpha value is -3.75. The first-order valence-corrected chi connectivity index (χ1v) is 10.1. The van der Waals surface area contributed by atoms with Crippen molar-refractivity contribution in [3.63, 3.8) is 0 Å². The minimum absolute atomic E-state index is 0.0273. The number of nitro benzene ring substituents is 1. The van der Waals surface area contributed by atoms with Crippen molar-refractivity contribution in [3.05, 3.63) is 78.5 Å². The molecule has 0 aliphatic heterocycles. The van der Waals surface area contributed by atoms with Crippen LogP contribution in [0.2, 0.25) is 5.02 Å². The van der Waals surface area contributed by atoms with Crippen LogP contribution >= 0.6 is 27.5 Å². The van der Waals surface area contributed by atoms with Crippen molar-refractivity contribution in [1.29, 1.82) is 5.26 Å². The zero-order valence-corrected chi connectivity index (χ0v) is 19.0. The second-order valence-corrected chi connectivity index (χ2v) is 7.76. The van der Waals surface area contributed by atoms with Crippen LogP contribution in [0, 0.1) is 28.4 Å². The maximum absolute atomic E-state index is 13.1. The molecule has 0 spiro atoms. The smallest absolute Gasteiger partial charge is 0.274 e. The molecule has 3 aromatic rings. The Balaban J connectivity index is 2.08. The van der Waals surface area contributed by atoms with Crippen molar-refractivity contribution in [1.82, 2.24) is 15.1 Å². The lowest BCUT2D eigenvalue weighted by Gasteiger charge is -2.15. The SMILES string of the molecule is CNC(=O)c1cc(Cl)cc(C)c1NC(=O)c1cc(Br)nn1-c1ccc([N+](=O)[O-])cc1C#N. The van der Waals surface area contributed by atoms with Crippen molar-refractivity contribution >= 4 is 50.7 Å². The molecule has 162 valence electrons. The van der Waals surface area contributed by atoms with Crippen LogP contribution in [0.25, 0.3) is 5.69 Å². The highest BCUT2D eigenvalue weighted by atomic mass is 79.9. The molecule has 0 unspecified atom stereocenters. The molecule has 12 heteroatoms. The van der Waals surface area contributed by atoms with E-state index in [1.807, 2.05) is 6.07 Å². The lowest BCUT2D eigenvalue weighted by molar-refractivity contribution is -0.384. The van der Waals surface area contributed by atoms with Crippen LogP contribution < -0.4 is 10.6 Å². The normalized spacial score (nSPS) is 10.3. The molecule has 0 fully saturated rings. The molecule has 2 aromatic carbocycles. The molecule has 0 radical (unpaired) electrons. The van der Waals surface area contributed by atoms with E-state index >= 15 is 0 Å². The van der Waals surface area contributed by atoms with Gasteiger partial charge in [-0.2, -0.15) is 10.4 Å². The molecule has 2 N–H and O–H groups in total. The standard InChI is InChI=1S/C20H14BrClN6O4/c1-10-5-12(22)7-14(19(29)24-2)18(10)25-20(30)16-8-17(21)26-27(16)15-4-3-13(28(31)32)6-11(15)9-23/h3-8H,1-2H3,(H,24,29)(H,25,30). The van der Waals surface area contributed by atoms with Crippen LogP contribution in [0.3, 0.4) is 0 Å². The summed E-state index contributed by atoms with van der Waals surface area (Å²) in [5.41, 5.74) is 0.873. The van der Waals surface area contributed by atoms with E-state index in [-0.39, 0.29) is 33.9 Å². The van der Waals surface area contributed by atoms with Crippen LogP contribution in [0.15, 0.2) is 41.0 Å². The molecule has 2 amide bonds. The number of nitriles is 1. The van der Waals surface area contributed by atoms with Gasteiger partial charge in [0.2, 0.25) is 0 Å². The molecular formula is C20H14BrClN6O4. The number of hydrogen-bond donors (Lipinski definition) is 2. The number of amides is 2. The Morgan fingerprint density at radius 3 is 2.59 bits per heavy atom. The number of rotatable bonds is 5. The Labute approximate surface area is 195 Å². The number of nitro groups is 1. The van der Waals surface area contributed by atoms with E-state index < -0.39 is 16.7 Å². The van der Waals surface area contributed by atoms with Gasteiger partial charge in [0.1, 0.15) is 16.4 Å². The molecule has 32 heavy (non-hydrogen) atoms. The number of benzene rings is 2. The summed E-state index contributed by atoms with van der Waals surface area (Å²) in [5, 5.41) is 30.2. The fourth-order valence-electron chi connectivity index (χ4n) is 3.01. The largest absolute Gasteiger partial charge is 0.355 e. The van der Waals surface area contributed by atoms with Gasteiger partial charge in [0.05, 0.1) is 27.4 Å². The fraction of sp³-hybridized carbons (Fsp3) is 0.100.